The van der Waals surface area contributed by atoms with Crippen molar-refractivity contribution in [3.63, 3.8) is 0 Å². The minimum atomic E-state index is -0.735. The molecule has 3 heteroatoms. The van der Waals surface area contributed by atoms with Crippen LogP contribution < -0.4 is 0 Å². The first kappa shape index (κ1) is 6.43. The van der Waals surface area contributed by atoms with Gasteiger partial charge in [0.05, 0.1) is 20.8 Å². The van der Waals surface area contributed by atoms with Gasteiger partial charge in [-0.25, -0.2) is 0 Å². The molecule has 0 radical (unpaired) electrons. The largest absolute Gasteiger partial charge is 0.253 e. The zero-order chi connectivity index (χ0) is 6.97. The van der Waals surface area contributed by atoms with E-state index in [9.17, 15) is 4.21 Å². The van der Waals surface area contributed by atoms with Gasteiger partial charge in [-0.2, -0.15) is 0 Å². The number of thioether (sulfide) groups is 1. The van der Waals surface area contributed by atoms with Gasteiger partial charge < -0.3 is 0 Å². The predicted molar refractivity (Wildman–Crippen MR) is 43.6 cm³/mol. The minimum absolute atomic E-state index is 0.735. The van der Waals surface area contributed by atoms with Crippen LogP contribution in [0.5, 0.6) is 0 Å². The Balaban J connectivity index is 2.61. The molecule has 1 atom stereocenters. The predicted octanol–water partition coefficient (Wildman–Crippen LogP) is 1.86. The lowest BCUT2D eigenvalue weighted by Gasteiger charge is -1.91. The molecule has 0 spiro atoms. The van der Waals surface area contributed by atoms with Crippen molar-refractivity contribution < 1.29 is 4.21 Å². The van der Waals surface area contributed by atoms with E-state index < -0.39 is 10.8 Å². The van der Waals surface area contributed by atoms with Crippen LogP contribution in [-0.4, -0.2) is 9.29 Å². The molecule has 1 heterocycles. The Bertz CT molecular complexity index is 283. The summed E-state index contributed by atoms with van der Waals surface area (Å²) in [4.78, 5) is 2.19. The van der Waals surface area contributed by atoms with Crippen molar-refractivity contribution in [3.05, 3.63) is 24.3 Å². The first-order valence-corrected chi connectivity index (χ1v) is 5.28. The number of hydrogen-bond donors (Lipinski definition) is 0. The molecule has 0 fully saturated rings. The van der Waals surface area contributed by atoms with Crippen LogP contribution in [0.3, 0.4) is 0 Å². The summed E-state index contributed by atoms with van der Waals surface area (Å²) in [6.07, 6.45) is 0. The first-order valence-electron chi connectivity index (χ1n) is 2.98. The molecule has 0 unspecified atom stereocenters. The van der Waals surface area contributed by atoms with Gasteiger partial charge in [0.25, 0.3) is 0 Å². The van der Waals surface area contributed by atoms with Gasteiger partial charge in [-0.15, -0.1) is 11.8 Å². The van der Waals surface area contributed by atoms with Gasteiger partial charge in [-0.1, -0.05) is 12.1 Å². The Hall–Kier alpha value is -0.280. The molecular formula is C7H6OS2. The third-order valence-corrected chi connectivity index (χ3v) is 4.39. The van der Waals surface area contributed by atoms with Gasteiger partial charge in [0.1, 0.15) is 0 Å². The lowest BCUT2D eigenvalue weighted by atomic mass is 10.4. The maximum absolute atomic E-state index is 11.2. The molecule has 0 N–H and O–H groups in total. The fourth-order valence-electron chi connectivity index (χ4n) is 0.938. The number of hydrogen-bond acceptors (Lipinski definition) is 2. The zero-order valence-corrected chi connectivity index (χ0v) is 6.87. The highest BCUT2D eigenvalue weighted by Crippen LogP contribution is 2.33. The van der Waals surface area contributed by atoms with E-state index in [-0.39, 0.29) is 0 Å². The Labute approximate surface area is 66.3 Å². The number of rotatable bonds is 0. The van der Waals surface area contributed by atoms with E-state index in [2.05, 4.69) is 0 Å². The molecular weight excluding hydrogens is 164 g/mol. The van der Waals surface area contributed by atoms with Gasteiger partial charge in [0, 0.05) is 4.90 Å². The van der Waals surface area contributed by atoms with Crippen LogP contribution >= 0.6 is 11.8 Å². The Morgan fingerprint density at radius 1 is 1.40 bits per heavy atom. The van der Waals surface area contributed by atoms with Crippen molar-refractivity contribution in [1.29, 1.82) is 0 Å². The van der Waals surface area contributed by atoms with Crippen molar-refractivity contribution in [3.8, 4) is 0 Å². The Morgan fingerprint density at radius 2 is 2.20 bits per heavy atom. The molecule has 0 amide bonds. The molecule has 52 valence electrons. The highest BCUT2D eigenvalue weighted by Gasteiger charge is 2.16. The lowest BCUT2D eigenvalue weighted by molar-refractivity contribution is 0.686. The summed E-state index contributed by atoms with van der Waals surface area (Å²) in [5.41, 5.74) is 0. The van der Waals surface area contributed by atoms with E-state index in [4.69, 9.17) is 0 Å². The van der Waals surface area contributed by atoms with Crippen LogP contribution in [0.25, 0.3) is 0 Å². The summed E-state index contributed by atoms with van der Waals surface area (Å²) >= 11 is 1.68. The molecule has 1 nitrogen and oxygen atoms in total. The average Bonchev–Trinajstić information content (AvgIpc) is 2.34. The van der Waals surface area contributed by atoms with Gasteiger partial charge >= 0.3 is 0 Å². The summed E-state index contributed by atoms with van der Waals surface area (Å²) in [6, 6.07) is 7.87. The minimum Gasteiger partial charge on any atom is -0.253 e. The average molecular weight is 170 g/mol. The molecule has 0 aromatic heterocycles. The summed E-state index contributed by atoms with van der Waals surface area (Å²) in [5.74, 6) is 0. The van der Waals surface area contributed by atoms with Gasteiger partial charge in [-0.05, 0) is 12.1 Å². The molecule has 0 saturated heterocycles. The van der Waals surface area contributed by atoms with Crippen LogP contribution in [0.15, 0.2) is 34.1 Å². The fraction of sp³-hybridized carbons (Fsp3) is 0.143. The molecule has 0 saturated carbocycles. The van der Waals surface area contributed by atoms with E-state index in [0.29, 0.717) is 0 Å². The highest BCUT2D eigenvalue weighted by atomic mass is 32.2. The molecule has 2 rings (SSSR count). The van der Waals surface area contributed by atoms with E-state index in [1.165, 1.54) is 4.90 Å². The second-order valence-electron chi connectivity index (χ2n) is 2.05. The van der Waals surface area contributed by atoms with Crippen molar-refractivity contribution in [1.82, 2.24) is 0 Å². The zero-order valence-electron chi connectivity index (χ0n) is 5.24. The van der Waals surface area contributed by atoms with Crippen molar-refractivity contribution in [2.75, 3.05) is 5.08 Å². The maximum atomic E-state index is 11.2. The summed E-state index contributed by atoms with van der Waals surface area (Å²) < 4.78 is 11.2. The van der Waals surface area contributed by atoms with E-state index in [1.54, 1.807) is 11.8 Å². The number of fused-ring (bicyclic) bond motifs is 1. The van der Waals surface area contributed by atoms with Crippen LogP contribution in [0.2, 0.25) is 0 Å². The second-order valence-corrected chi connectivity index (χ2v) is 4.86. The monoisotopic (exact) mass is 170 g/mol. The lowest BCUT2D eigenvalue weighted by Crippen LogP contribution is -1.84. The third kappa shape index (κ3) is 0.896. The smallest absolute Gasteiger partial charge is 0.0787 e. The molecule has 0 bridgehead atoms. The molecule has 0 aliphatic carbocycles. The van der Waals surface area contributed by atoms with Gasteiger partial charge in [0.15, 0.2) is 0 Å². The highest BCUT2D eigenvalue weighted by molar-refractivity contribution is 8.12. The summed E-state index contributed by atoms with van der Waals surface area (Å²) in [7, 11) is -0.735. The topological polar surface area (TPSA) is 17.1 Å². The normalized spacial score (nSPS) is 22.6. The molecule has 1 aliphatic heterocycles. The van der Waals surface area contributed by atoms with Crippen LogP contribution in [0, 0.1) is 0 Å². The van der Waals surface area contributed by atoms with Crippen LogP contribution in [0.1, 0.15) is 0 Å². The Kier molecular flexibility index (Phi) is 1.54. The molecule has 10 heavy (non-hydrogen) atoms. The third-order valence-electron chi connectivity index (χ3n) is 1.42. The van der Waals surface area contributed by atoms with Crippen molar-refractivity contribution in [2.24, 2.45) is 0 Å². The van der Waals surface area contributed by atoms with Crippen molar-refractivity contribution in [2.45, 2.75) is 9.79 Å². The molecule has 1 aromatic carbocycles. The maximum Gasteiger partial charge on any atom is 0.0787 e. The SMILES string of the molecule is O=[S@]1CSc2ccccc21. The molecule has 1 aliphatic rings. The fourth-order valence-corrected chi connectivity index (χ4v) is 3.75. The van der Waals surface area contributed by atoms with Gasteiger partial charge in [-0.3, -0.25) is 4.21 Å². The standard InChI is InChI=1S/C7H6OS2/c8-10-5-9-6-3-1-2-4-7(6)10/h1-4H,5H2/t10-/m0/s1. The van der Waals surface area contributed by atoms with E-state index in [1.807, 2.05) is 24.3 Å². The summed E-state index contributed by atoms with van der Waals surface area (Å²) in [6.45, 7) is 0. The second kappa shape index (κ2) is 2.40. The van der Waals surface area contributed by atoms with Crippen molar-refractivity contribution >= 4 is 22.6 Å². The van der Waals surface area contributed by atoms with Crippen LogP contribution in [-0.2, 0) is 10.8 Å². The quantitative estimate of drug-likeness (QED) is 0.591. The first-order chi connectivity index (χ1) is 4.88. The summed E-state index contributed by atoms with van der Waals surface area (Å²) in [5, 5.41) is 0.735. The van der Waals surface area contributed by atoms with Gasteiger partial charge in [0.2, 0.25) is 0 Å². The van der Waals surface area contributed by atoms with Crippen LogP contribution in [0.4, 0.5) is 0 Å². The Morgan fingerprint density at radius 3 is 3.00 bits per heavy atom. The van der Waals surface area contributed by atoms with E-state index >= 15 is 0 Å². The van der Waals surface area contributed by atoms with E-state index in [0.717, 1.165) is 9.98 Å². The molecule has 1 aromatic rings. The number of benzene rings is 1.